The molecule has 0 aromatic rings. The zero-order chi connectivity index (χ0) is 19.4. The highest BCUT2D eigenvalue weighted by molar-refractivity contribution is 5.91. The number of hydrogen-bond donors (Lipinski definition) is 2. The van der Waals surface area contributed by atoms with Gasteiger partial charge in [-0.25, -0.2) is 9.59 Å². The fourth-order valence-corrected chi connectivity index (χ4v) is 5.30. The maximum absolute atomic E-state index is 12.5. The molecule has 1 saturated heterocycles. The molecule has 0 amide bonds. The third-order valence-electron chi connectivity index (χ3n) is 6.74. The summed E-state index contributed by atoms with van der Waals surface area (Å²) in [6.07, 6.45) is -1.67. The Kier molecular flexibility index (Phi) is 4.78. The molecule has 0 spiro atoms. The van der Waals surface area contributed by atoms with Crippen LogP contribution in [0.5, 0.6) is 0 Å². The van der Waals surface area contributed by atoms with E-state index in [0.717, 1.165) is 0 Å². The van der Waals surface area contributed by atoms with Crippen LogP contribution in [0, 0.1) is 23.2 Å². The minimum absolute atomic E-state index is 0.0172. The second-order valence-corrected chi connectivity index (χ2v) is 8.20. The van der Waals surface area contributed by atoms with E-state index in [2.05, 4.69) is 13.2 Å². The van der Waals surface area contributed by atoms with Crippen LogP contribution in [-0.2, 0) is 19.1 Å². The summed E-state index contributed by atoms with van der Waals surface area (Å²) in [7, 11) is 0. The van der Waals surface area contributed by atoms with Gasteiger partial charge < -0.3 is 19.7 Å². The summed E-state index contributed by atoms with van der Waals surface area (Å²) >= 11 is 0. The highest BCUT2D eigenvalue weighted by atomic mass is 16.6. The second kappa shape index (κ2) is 6.50. The van der Waals surface area contributed by atoms with Gasteiger partial charge in [0.15, 0.2) is 0 Å². The standard InChI is InChI=1S/C20H28O6/c1-6-9(2)18(23)26-17-15-11(4)19(24)25-13(15)7-10(3)16-12(21)8-14(22)20(16,17)5/h10,12-17,21-22H,2,4,6-8H2,1,3,5H3. The number of esters is 2. The number of carbonyl (C=O) groups excluding carboxylic acids is 2. The van der Waals surface area contributed by atoms with E-state index >= 15 is 0 Å². The predicted molar refractivity (Wildman–Crippen MR) is 93.8 cm³/mol. The number of carbonyl (C=O) groups is 2. The summed E-state index contributed by atoms with van der Waals surface area (Å²) < 4.78 is 11.3. The van der Waals surface area contributed by atoms with E-state index in [0.29, 0.717) is 18.4 Å². The van der Waals surface area contributed by atoms with Crippen molar-refractivity contribution in [2.24, 2.45) is 23.2 Å². The fraction of sp³-hybridized carbons (Fsp3) is 0.700. The van der Waals surface area contributed by atoms with Crippen molar-refractivity contribution in [3.63, 3.8) is 0 Å². The Bertz CT molecular complexity index is 655. The maximum Gasteiger partial charge on any atom is 0.334 e. The van der Waals surface area contributed by atoms with E-state index in [1.807, 2.05) is 13.8 Å². The third-order valence-corrected chi connectivity index (χ3v) is 6.74. The van der Waals surface area contributed by atoms with Crippen molar-refractivity contribution in [1.82, 2.24) is 0 Å². The lowest BCUT2D eigenvalue weighted by molar-refractivity contribution is -0.166. The van der Waals surface area contributed by atoms with Crippen molar-refractivity contribution >= 4 is 11.9 Å². The van der Waals surface area contributed by atoms with Crippen LogP contribution in [0.4, 0.5) is 0 Å². The van der Waals surface area contributed by atoms with Gasteiger partial charge in [0.2, 0.25) is 0 Å². The van der Waals surface area contributed by atoms with Gasteiger partial charge in [0, 0.05) is 23.0 Å². The topological polar surface area (TPSA) is 93.1 Å². The minimum atomic E-state index is -0.904. The van der Waals surface area contributed by atoms with Crippen LogP contribution in [0.1, 0.15) is 40.0 Å². The molecule has 3 rings (SSSR count). The minimum Gasteiger partial charge on any atom is -0.458 e. The Labute approximate surface area is 153 Å². The maximum atomic E-state index is 12.5. The Hall–Kier alpha value is -1.66. The molecule has 26 heavy (non-hydrogen) atoms. The highest BCUT2D eigenvalue weighted by Gasteiger charge is 2.65. The van der Waals surface area contributed by atoms with Gasteiger partial charge in [0.25, 0.3) is 0 Å². The van der Waals surface area contributed by atoms with Crippen LogP contribution < -0.4 is 0 Å². The molecule has 0 aromatic heterocycles. The largest absolute Gasteiger partial charge is 0.458 e. The Morgan fingerprint density at radius 2 is 2.04 bits per heavy atom. The molecule has 144 valence electrons. The Morgan fingerprint density at radius 1 is 1.38 bits per heavy atom. The van der Waals surface area contributed by atoms with Gasteiger partial charge in [-0.15, -0.1) is 0 Å². The number of aliphatic hydroxyl groups excluding tert-OH is 2. The van der Waals surface area contributed by atoms with Gasteiger partial charge in [-0.05, 0) is 24.7 Å². The molecule has 0 radical (unpaired) electrons. The number of ether oxygens (including phenoxy) is 2. The average molecular weight is 364 g/mol. The molecule has 6 heteroatoms. The van der Waals surface area contributed by atoms with Crippen LogP contribution in [-0.4, -0.2) is 46.6 Å². The summed E-state index contributed by atoms with van der Waals surface area (Å²) in [5, 5.41) is 21.4. The Balaban J connectivity index is 2.08. The van der Waals surface area contributed by atoms with E-state index in [4.69, 9.17) is 9.47 Å². The van der Waals surface area contributed by atoms with Crippen molar-refractivity contribution in [1.29, 1.82) is 0 Å². The van der Waals surface area contributed by atoms with Crippen molar-refractivity contribution in [3.05, 3.63) is 24.3 Å². The zero-order valence-electron chi connectivity index (χ0n) is 15.6. The van der Waals surface area contributed by atoms with Crippen LogP contribution in [0.25, 0.3) is 0 Å². The normalized spacial score (nSPS) is 44.7. The molecule has 3 aliphatic rings. The molecule has 3 fully saturated rings. The fourth-order valence-electron chi connectivity index (χ4n) is 5.30. The van der Waals surface area contributed by atoms with E-state index in [-0.39, 0.29) is 23.8 Å². The van der Waals surface area contributed by atoms with Crippen LogP contribution in [0.15, 0.2) is 24.3 Å². The van der Waals surface area contributed by atoms with Gasteiger partial charge in [-0.3, -0.25) is 0 Å². The highest BCUT2D eigenvalue weighted by Crippen LogP contribution is 2.58. The van der Waals surface area contributed by atoms with Gasteiger partial charge in [0.05, 0.1) is 18.1 Å². The monoisotopic (exact) mass is 364 g/mol. The molecular formula is C20H28O6. The Morgan fingerprint density at radius 3 is 2.65 bits per heavy atom. The quantitative estimate of drug-likeness (QED) is 0.585. The lowest BCUT2D eigenvalue weighted by Gasteiger charge is -2.43. The van der Waals surface area contributed by atoms with E-state index in [9.17, 15) is 19.8 Å². The summed E-state index contributed by atoms with van der Waals surface area (Å²) in [5.41, 5.74) is -0.320. The van der Waals surface area contributed by atoms with Crippen molar-refractivity contribution in [2.75, 3.05) is 0 Å². The molecule has 8 unspecified atom stereocenters. The molecule has 1 aliphatic heterocycles. The molecule has 0 bridgehead atoms. The average Bonchev–Trinajstić information content (AvgIpc) is 2.94. The van der Waals surface area contributed by atoms with Gasteiger partial charge in [-0.1, -0.05) is 33.9 Å². The molecule has 6 nitrogen and oxygen atoms in total. The summed E-state index contributed by atoms with van der Waals surface area (Å²) in [5.74, 6) is -1.86. The van der Waals surface area contributed by atoms with Crippen LogP contribution in [0.2, 0.25) is 0 Å². The van der Waals surface area contributed by atoms with Crippen molar-refractivity contribution in [3.8, 4) is 0 Å². The molecule has 2 aliphatic carbocycles. The van der Waals surface area contributed by atoms with Crippen molar-refractivity contribution in [2.45, 2.75) is 64.4 Å². The summed E-state index contributed by atoms with van der Waals surface area (Å²) in [6.45, 7) is 13.2. The van der Waals surface area contributed by atoms with Gasteiger partial charge in [-0.2, -0.15) is 0 Å². The lowest BCUT2D eigenvalue weighted by atomic mass is 9.67. The lowest BCUT2D eigenvalue weighted by Crippen LogP contribution is -2.51. The van der Waals surface area contributed by atoms with Crippen LogP contribution in [0.3, 0.4) is 0 Å². The molecule has 1 heterocycles. The molecule has 2 N–H and O–H groups in total. The first kappa shape index (κ1) is 19.1. The van der Waals surface area contributed by atoms with E-state index in [1.165, 1.54) is 0 Å². The SMILES string of the molecule is C=C(CC)C(=O)OC1C2C(=C)C(=O)OC2CC(C)C2C(O)CC(O)C12C. The van der Waals surface area contributed by atoms with Crippen LogP contribution >= 0.6 is 0 Å². The molecule has 2 saturated carbocycles. The third kappa shape index (κ3) is 2.62. The summed E-state index contributed by atoms with van der Waals surface area (Å²) in [4.78, 5) is 24.6. The molecule has 0 aromatic carbocycles. The first-order valence-electron chi connectivity index (χ1n) is 9.27. The number of aliphatic hydroxyl groups is 2. The van der Waals surface area contributed by atoms with Gasteiger partial charge in [0.1, 0.15) is 12.2 Å². The summed E-state index contributed by atoms with van der Waals surface area (Å²) in [6, 6.07) is 0. The number of rotatable bonds is 3. The first-order chi connectivity index (χ1) is 12.1. The molecular weight excluding hydrogens is 336 g/mol. The zero-order valence-corrected chi connectivity index (χ0v) is 15.6. The number of fused-ring (bicyclic) bond motifs is 2. The predicted octanol–water partition coefficient (Wildman–Crippen LogP) is 1.75. The molecule has 8 atom stereocenters. The second-order valence-electron chi connectivity index (χ2n) is 8.20. The smallest absolute Gasteiger partial charge is 0.334 e. The van der Waals surface area contributed by atoms with Crippen molar-refractivity contribution < 1.29 is 29.3 Å². The number of hydrogen-bond acceptors (Lipinski definition) is 6. The first-order valence-corrected chi connectivity index (χ1v) is 9.27. The van der Waals surface area contributed by atoms with E-state index in [1.54, 1.807) is 6.92 Å². The van der Waals surface area contributed by atoms with E-state index < -0.39 is 47.7 Å². The van der Waals surface area contributed by atoms with Gasteiger partial charge >= 0.3 is 11.9 Å².